The summed E-state index contributed by atoms with van der Waals surface area (Å²) in [5.41, 5.74) is 0.966. The minimum Gasteiger partial charge on any atom is -0.467 e. The van der Waals surface area contributed by atoms with Gasteiger partial charge in [-0.2, -0.15) is 0 Å². The first-order chi connectivity index (χ1) is 12.8. The van der Waals surface area contributed by atoms with E-state index >= 15 is 0 Å². The van der Waals surface area contributed by atoms with Gasteiger partial charge in [0.05, 0.1) is 7.11 Å². The number of epoxide rings is 1. The van der Waals surface area contributed by atoms with E-state index in [0.717, 1.165) is 6.42 Å². The fourth-order valence-electron chi connectivity index (χ4n) is 3.34. The van der Waals surface area contributed by atoms with Gasteiger partial charge in [-0.15, -0.1) is 0 Å². The first-order valence-electron chi connectivity index (χ1n) is 9.91. The molecule has 27 heavy (non-hydrogen) atoms. The largest absolute Gasteiger partial charge is 0.467 e. The first kappa shape index (κ1) is 21.6. The van der Waals surface area contributed by atoms with Gasteiger partial charge < -0.3 is 14.2 Å². The molecule has 150 valence electrons. The molecule has 0 aromatic carbocycles. The standard InChI is InChI=1S/C23H34O4/c1-7-16(2)12-10-13-18(4)15-17(3)11-8-9-14-19-23(5)21(27-23)20(26-19)22(24)25-6/h8-14,16-17,19-21H,7,15H2,1-6H3. The van der Waals surface area contributed by atoms with Gasteiger partial charge in [-0.05, 0) is 32.1 Å². The number of hydrogen-bond donors (Lipinski definition) is 0. The molecule has 0 aromatic heterocycles. The Labute approximate surface area is 164 Å². The Balaban J connectivity index is 1.80. The molecule has 6 unspecified atom stereocenters. The van der Waals surface area contributed by atoms with Crippen molar-refractivity contribution in [1.29, 1.82) is 0 Å². The van der Waals surface area contributed by atoms with Crippen LogP contribution in [0.15, 0.2) is 48.1 Å². The lowest BCUT2D eigenvalue weighted by atomic mass is 10.00. The highest BCUT2D eigenvalue weighted by Gasteiger charge is 2.69. The second-order valence-corrected chi connectivity index (χ2v) is 7.96. The van der Waals surface area contributed by atoms with Crippen molar-refractivity contribution < 1.29 is 19.0 Å². The molecule has 6 atom stereocenters. The average Bonchev–Trinajstić information content (AvgIpc) is 3.24. The normalized spacial score (nSPS) is 33.0. The van der Waals surface area contributed by atoms with E-state index in [0.29, 0.717) is 11.8 Å². The van der Waals surface area contributed by atoms with Crippen LogP contribution >= 0.6 is 0 Å². The number of esters is 1. The smallest absolute Gasteiger partial charge is 0.337 e. The third kappa shape index (κ3) is 5.66. The van der Waals surface area contributed by atoms with Crippen molar-refractivity contribution in [2.24, 2.45) is 11.8 Å². The molecular formula is C23H34O4. The molecule has 0 amide bonds. The minimum atomic E-state index is -0.617. The lowest BCUT2D eigenvalue weighted by Crippen LogP contribution is -2.29. The maximum absolute atomic E-state index is 11.7. The van der Waals surface area contributed by atoms with Crippen LogP contribution in [-0.4, -0.2) is 37.0 Å². The van der Waals surface area contributed by atoms with Gasteiger partial charge in [0.1, 0.15) is 17.8 Å². The molecule has 2 fully saturated rings. The van der Waals surface area contributed by atoms with Crippen LogP contribution in [-0.2, 0) is 19.0 Å². The Kier molecular flexibility index (Phi) is 7.63. The molecule has 2 rings (SSSR count). The topological polar surface area (TPSA) is 48.1 Å². The maximum Gasteiger partial charge on any atom is 0.337 e. The van der Waals surface area contributed by atoms with Crippen molar-refractivity contribution >= 4 is 5.97 Å². The lowest BCUT2D eigenvalue weighted by Gasteiger charge is -2.15. The molecule has 4 heteroatoms. The summed E-state index contributed by atoms with van der Waals surface area (Å²) in [6.07, 6.45) is 16.0. The number of carbonyl (C=O) groups excluding carboxylic acids is 1. The van der Waals surface area contributed by atoms with Crippen molar-refractivity contribution in [2.45, 2.75) is 71.4 Å². The van der Waals surface area contributed by atoms with Crippen LogP contribution in [0.4, 0.5) is 0 Å². The molecule has 4 nitrogen and oxygen atoms in total. The summed E-state index contributed by atoms with van der Waals surface area (Å²) in [6, 6.07) is 0. The van der Waals surface area contributed by atoms with E-state index in [2.05, 4.69) is 52.0 Å². The zero-order valence-corrected chi connectivity index (χ0v) is 17.5. The van der Waals surface area contributed by atoms with Gasteiger partial charge in [-0.3, -0.25) is 0 Å². The Morgan fingerprint density at radius 2 is 1.89 bits per heavy atom. The van der Waals surface area contributed by atoms with E-state index in [-0.39, 0.29) is 18.2 Å². The van der Waals surface area contributed by atoms with E-state index in [1.54, 1.807) is 0 Å². The molecule has 0 aromatic rings. The van der Waals surface area contributed by atoms with E-state index in [1.165, 1.54) is 19.1 Å². The third-order valence-corrected chi connectivity index (χ3v) is 5.40. The molecule has 0 bridgehead atoms. The summed E-state index contributed by atoms with van der Waals surface area (Å²) >= 11 is 0. The first-order valence-corrected chi connectivity index (χ1v) is 9.91. The van der Waals surface area contributed by atoms with Crippen LogP contribution in [0, 0.1) is 11.8 Å². The molecule has 2 aliphatic heterocycles. The van der Waals surface area contributed by atoms with Crippen molar-refractivity contribution in [1.82, 2.24) is 0 Å². The lowest BCUT2D eigenvalue weighted by molar-refractivity contribution is -0.157. The summed E-state index contributed by atoms with van der Waals surface area (Å²) < 4.78 is 16.2. The average molecular weight is 375 g/mol. The second-order valence-electron chi connectivity index (χ2n) is 7.96. The number of hydrogen-bond acceptors (Lipinski definition) is 4. The maximum atomic E-state index is 11.7. The predicted molar refractivity (Wildman–Crippen MR) is 108 cm³/mol. The molecule has 0 aliphatic carbocycles. The Morgan fingerprint density at radius 3 is 2.56 bits per heavy atom. The van der Waals surface area contributed by atoms with Crippen LogP contribution < -0.4 is 0 Å². The van der Waals surface area contributed by atoms with E-state index in [9.17, 15) is 4.79 Å². The molecule has 0 N–H and O–H groups in total. The zero-order valence-electron chi connectivity index (χ0n) is 17.5. The van der Waals surface area contributed by atoms with Gasteiger partial charge in [0.15, 0.2) is 6.10 Å². The number of carbonyl (C=O) groups is 1. The number of allylic oxidation sites excluding steroid dienone is 7. The van der Waals surface area contributed by atoms with Crippen LogP contribution in [0.3, 0.4) is 0 Å². The molecule has 2 aliphatic rings. The zero-order chi connectivity index (χ0) is 20.0. The van der Waals surface area contributed by atoms with Gasteiger partial charge >= 0.3 is 5.97 Å². The Morgan fingerprint density at radius 1 is 1.19 bits per heavy atom. The minimum absolute atomic E-state index is 0.196. The van der Waals surface area contributed by atoms with Gasteiger partial charge in [-0.1, -0.05) is 75.3 Å². The van der Waals surface area contributed by atoms with Gasteiger partial charge in [-0.25, -0.2) is 4.79 Å². The van der Waals surface area contributed by atoms with Crippen LogP contribution in [0.5, 0.6) is 0 Å². The highest BCUT2D eigenvalue weighted by molar-refractivity contribution is 5.77. The summed E-state index contributed by atoms with van der Waals surface area (Å²) in [7, 11) is 1.37. The van der Waals surface area contributed by atoms with E-state index in [1.807, 2.05) is 25.2 Å². The Bertz CT molecular complexity index is 630. The van der Waals surface area contributed by atoms with Crippen LogP contribution in [0.1, 0.15) is 47.5 Å². The quantitative estimate of drug-likeness (QED) is 0.331. The summed E-state index contributed by atoms with van der Waals surface area (Å²) in [4.78, 5) is 11.7. The third-order valence-electron chi connectivity index (χ3n) is 5.40. The number of methoxy groups -OCH3 is 1. The molecule has 0 saturated carbocycles. The van der Waals surface area contributed by atoms with Crippen molar-refractivity contribution in [3.8, 4) is 0 Å². The van der Waals surface area contributed by atoms with Crippen molar-refractivity contribution in [3.05, 3.63) is 48.1 Å². The van der Waals surface area contributed by atoms with Crippen LogP contribution in [0.25, 0.3) is 0 Å². The second kappa shape index (κ2) is 9.52. The number of fused-ring (bicyclic) bond motifs is 1. The summed E-state index contributed by atoms with van der Waals surface area (Å²) in [6.45, 7) is 10.8. The molecule has 0 radical (unpaired) electrons. The van der Waals surface area contributed by atoms with Gasteiger partial charge in [0, 0.05) is 0 Å². The SMILES string of the molecule is CCC(C)C=CC=C(C)CC(C)C=CC=CC1OC(C(=O)OC)C2OC12C. The molecule has 2 saturated heterocycles. The summed E-state index contributed by atoms with van der Waals surface area (Å²) in [5, 5.41) is 0. The highest BCUT2D eigenvalue weighted by atomic mass is 16.7. The van der Waals surface area contributed by atoms with Crippen molar-refractivity contribution in [3.63, 3.8) is 0 Å². The highest BCUT2D eigenvalue weighted by Crippen LogP contribution is 2.50. The molecule has 0 spiro atoms. The number of ether oxygens (including phenoxy) is 3. The molecular weight excluding hydrogens is 340 g/mol. The monoisotopic (exact) mass is 374 g/mol. The number of rotatable bonds is 9. The fraction of sp³-hybridized carbons (Fsp3) is 0.609. The van der Waals surface area contributed by atoms with E-state index in [4.69, 9.17) is 14.2 Å². The fourth-order valence-corrected chi connectivity index (χ4v) is 3.34. The van der Waals surface area contributed by atoms with Gasteiger partial charge in [0.2, 0.25) is 0 Å². The van der Waals surface area contributed by atoms with E-state index < -0.39 is 11.7 Å². The van der Waals surface area contributed by atoms with Crippen LogP contribution in [0.2, 0.25) is 0 Å². The van der Waals surface area contributed by atoms with Crippen molar-refractivity contribution in [2.75, 3.05) is 7.11 Å². The summed E-state index contributed by atoms with van der Waals surface area (Å²) in [5.74, 6) is 0.717. The predicted octanol–water partition coefficient (Wildman–Crippen LogP) is 4.77. The molecule has 2 heterocycles. The van der Waals surface area contributed by atoms with Gasteiger partial charge in [0.25, 0.3) is 0 Å². The Hall–Kier alpha value is -1.65.